The lowest BCUT2D eigenvalue weighted by Crippen LogP contribution is -2.29. The number of anilines is 1. The molecule has 0 aliphatic rings. The van der Waals surface area contributed by atoms with Crippen LogP contribution in [-0.2, 0) is 4.79 Å². The summed E-state index contributed by atoms with van der Waals surface area (Å²) in [6.07, 6.45) is 2.99. The first kappa shape index (κ1) is 14.1. The zero-order valence-electron chi connectivity index (χ0n) is 11.6. The summed E-state index contributed by atoms with van der Waals surface area (Å²) in [5, 5.41) is 14.0. The van der Waals surface area contributed by atoms with E-state index < -0.39 is 12.0 Å². The second kappa shape index (κ2) is 6.23. The molecule has 0 aliphatic carbocycles. The van der Waals surface area contributed by atoms with Crippen LogP contribution < -0.4 is 10.1 Å². The molecular formula is C15H18N2O3. The second-order valence-electron chi connectivity index (χ2n) is 4.54. The molecule has 2 N–H and O–H groups in total. The monoisotopic (exact) mass is 274 g/mol. The molecule has 0 saturated carbocycles. The van der Waals surface area contributed by atoms with E-state index in [1.54, 1.807) is 13.3 Å². The largest absolute Gasteiger partial charge is 0.496 e. The van der Waals surface area contributed by atoms with E-state index in [4.69, 9.17) is 4.74 Å². The number of rotatable bonds is 6. The van der Waals surface area contributed by atoms with Gasteiger partial charge in [0.05, 0.1) is 7.11 Å². The van der Waals surface area contributed by atoms with Crippen molar-refractivity contribution in [2.24, 2.45) is 0 Å². The highest BCUT2D eigenvalue weighted by Crippen LogP contribution is 2.29. The molecule has 0 bridgehead atoms. The maximum absolute atomic E-state index is 11.2. The Morgan fingerprint density at radius 2 is 2.20 bits per heavy atom. The smallest absolute Gasteiger partial charge is 0.326 e. The fourth-order valence-electron chi connectivity index (χ4n) is 2.18. The molecule has 1 aromatic carbocycles. The maximum atomic E-state index is 11.2. The Labute approximate surface area is 117 Å². The summed E-state index contributed by atoms with van der Waals surface area (Å²) in [6, 6.07) is 6.85. The number of carbonyl (C=O) groups is 1. The van der Waals surface area contributed by atoms with Crippen molar-refractivity contribution in [3.63, 3.8) is 0 Å². The van der Waals surface area contributed by atoms with Crippen molar-refractivity contribution < 1.29 is 14.6 Å². The maximum Gasteiger partial charge on any atom is 0.326 e. The number of hydrogen-bond acceptors (Lipinski definition) is 4. The first-order valence-electron chi connectivity index (χ1n) is 6.58. The number of ether oxygens (including phenoxy) is 1. The van der Waals surface area contributed by atoms with Gasteiger partial charge in [0.1, 0.15) is 17.6 Å². The molecule has 1 atom stereocenters. The number of pyridine rings is 1. The van der Waals surface area contributed by atoms with E-state index in [-0.39, 0.29) is 0 Å². The van der Waals surface area contributed by atoms with Gasteiger partial charge in [-0.3, -0.25) is 0 Å². The van der Waals surface area contributed by atoms with E-state index in [1.165, 1.54) is 0 Å². The van der Waals surface area contributed by atoms with Gasteiger partial charge < -0.3 is 15.2 Å². The summed E-state index contributed by atoms with van der Waals surface area (Å²) in [5.41, 5.74) is 0. The standard InChI is InChI=1S/C15H18N2O3/c1-3-5-12(15(18)19)17-14-11-6-4-7-13(20-2)10(11)8-9-16-14/h4,6-9,12H,3,5H2,1-2H3,(H,16,17)(H,18,19). The molecule has 2 aromatic rings. The summed E-state index contributed by atoms with van der Waals surface area (Å²) in [6.45, 7) is 1.96. The molecule has 0 fully saturated rings. The van der Waals surface area contributed by atoms with Crippen molar-refractivity contribution in [2.45, 2.75) is 25.8 Å². The van der Waals surface area contributed by atoms with Crippen LogP contribution in [0.2, 0.25) is 0 Å². The van der Waals surface area contributed by atoms with Gasteiger partial charge in [0.25, 0.3) is 0 Å². The third-order valence-electron chi connectivity index (χ3n) is 3.17. The number of nitrogens with one attached hydrogen (secondary N) is 1. The minimum atomic E-state index is -0.867. The van der Waals surface area contributed by atoms with Crippen LogP contribution >= 0.6 is 0 Å². The zero-order chi connectivity index (χ0) is 14.5. The van der Waals surface area contributed by atoms with E-state index in [0.29, 0.717) is 12.2 Å². The molecule has 5 nitrogen and oxygen atoms in total. The molecule has 106 valence electrons. The molecule has 2 rings (SSSR count). The van der Waals surface area contributed by atoms with Crippen molar-refractivity contribution in [1.82, 2.24) is 4.98 Å². The predicted octanol–water partition coefficient (Wildman–Crippen LogP) is 2.91. The van der Waals surface area contributed by atoms with Gasteiger partial charge in [0.2, 0.25) is 0 Å². The van der Waals surface area contributed by atoms with Gasteiger partial charge in [-0.05, 0) is 18.6 Å². The molecule has 0 amide bonds. The Balaban J connectivity index is 2.41. The zero-order valence-corrected chi connectivity index (χ0v) is 11.6. The summed E-state index contributed by atoms with van der Waals surface area (Å²) in [4.78, 5) is 15.5. The number of benzene rings is 1. The van der Waals surface area contributed by atoms with Crippen molar-refractivity contribution in [1.29, 1.82) is 0 Å². The normalized spacial score (nSPS) is 12.1. The summed E-state index contributed by atoms with van der Waals surface area (Å²) in [5.74, 6) is 0.450. The topological polar surface area (TPSA) is 71.5 Å². The van der Waals surface area contributed by atoms with Gasteiger partial charge in [-0.15, -0.1) is 0 Å². The lowest BCUT2D eigenvalue weighted by Gasteiger charge is -2.16. The highest BCUT2D eigenvalue weighted by molar-refractivity contribution is 5.96. The molecule has 0 aliphatic heterocycles. The van der Waals surface area contributed by atoms with Gasteiger partial charge in [-0.2, -0.15) is 0 Å². The second-order valence-corrected chi connectivity index (χ2v) is 4.54. The van der Waals surface area contributed by atoms with Crippen LogP contribution in [0.25, 0.3) is 10.8 Å². The quantitative estimate of drug-likeness (QED) is 0.847. The minimum absolute atomic E-state index is 0.553. The molecule has 0 spiro atoms. The van der Waals surface area contributed by atoms with Crippen molar-refractivity contribution >= 4 is 22.6 Å². The Morgan fingerprint density at radius 3 is 2.85 bits per heavy atom. The van der Waals surface area contributed by atoms with Crippen LogP contribution in [-0.4, -0.2) is 29.2 Å². The fourth-order valence-corrected chi connectivity index (χ4v) is 2.18. The van der Waals surface area contributed by atoms with Crippen LogP contribution in [0.15, 0.2) is 30.5 Å². The van der Waals surface area contributed by atoms with Crippen LogP contribution in [0.5, 0.6) is 5.75 Å². The van der Waals surface area contributed by atoms with Crippen LogP contribution in [0.3, 0.4) is 0 Å². The third-order valence-corrected chi connectivity index (χ3v) is 3.17. The highest BCUT2D eigenvalue weighted by Gasteiger charge is 2.17. The Kier molecular flexibility index (Phi) is 4.40. The lowest BCUT2D eigenvalue weighted by atomic mass is 10.1. The number of hydrogen-bond donors (Lipinski definition) is 2. The van der Waals surface area contributed by atoms with Crippen LogP contribution in [0.1, 0.15) is 19.8 Å². The predicted molar refractivity (Wildman–Crippen MR) is 78.2 cm³/mol. The Morgan fingerprint density at radius 1 is 1.40 bits per heavy atom. The summed E-state index contributed by atoms with van der Waals surface area (Å²) >= 11 is 0. The lowest BCUT2D eigenvalue weighted by molar-refractivity contribution is -0.138. The number of methoxy groups -OCH3 is 1. The molecule has 1 heterocycles. The fraction of sp³-hybridized carbons (Fsp3) is 0.333. The van der Waals surface area contributed by atoms with E-state index in [9.17, 15) is 9.90 Å². The van der Waals surface area contributed by atoms with E-state index in [0.717, 1.165) is 22.9 Å². The highest BCUT2D eigenvalue weighted by atomic mass is 16.5. The number of aliphatic carboxylic acids is 1. The van der Waals surface area contributed by atoms with Crippen molar-refractivity contribution in [2.75, 3.05) is 12.4 Å². The average molecular weight is 274 g/mol. The minimum Gasteiger partial charge on any atom is -0.496 e. The van der Waals surface area contributed by atoms with Crippen LogP contribution in [0.4, 0.5) is 5.82 Å². The SMILES string of the molecule is CCCC(Nc1nccc2c(OC)cccc12)C(=O)O. The van der Waals surface area contributed by atoms with Gasteiger partial charge in [0.15, 0.2) is 0 Å². The van der Waals surface area contributed by atoms with Crippen molar-refractivity contribution in [3.05, 3.63) is 30.5 Å². The number of aromatic nitrogens is 1. The van der Waals surface area contributed by atoms with E-state index >= 15 is 0 Å². The molecule has 1 aromatic heterocycles. The average Bonchev–Trinajstić information content (AvgIpc) is 2.46. The van der Waals surface area contributed by atoms with E-state index in [2.05, 4.69) is 10.3 Å². The molecule has 5 heteroatoms. The van der Waals surface area contributed by atoms with Gasteiger partial charge in [0, 0.05) is 17.0 Å². The first-order chi connectivity index (χ1) is 9.67. The summed E-state index contributed by atoms with van der Waals surface area (Å²) in [7, 11) is 1.61. The van der Waals surface area contributed by atoms with Gasteiger partial charge in [-0.25, -0.2) is 9.78 Å². The number of fused-ring (bicyclic) bond motifs is 1. The number of carboxylic acids is 1. The van der Waals surface area contributed by atoms with Gasteiger partial charge >= 0.3 is 5.97 Å². The molecule has 0 saturated heterocycles. The molecular weight excluding hydrogens is 256 g/mol. The third kappa shape index (κ3) is 2.82. The first-order valence-corrected chi connectivity index (χ1v) is 6.58. The number of nitrogens with zero attached hydrogens (tertiary/aromatic N) is 1. The van der Waals surface area contributed by atoms with Gasteiger partial charge in [-0.1, -0.05) is 25.5 Å². The summed E-state index contributed by atoms with van der Waals surface area (Å²) < 4.78 is 5.31. The molecule has 1 unspecified atom stereocenters. The van der Waals surface area contributed by atoms with Crippen molar-refractivity contribution in [3.8, 4) is 5.75 Å². The molecule has 0 radical (unpaired) electrons. The molecule has 20 heavy (non-hydrogen) atoms. The Hall–Kier alpha value is -2.30. The Bertz CT molecular complexity index is 613. The number of carboxylic acid groups (broad SMARTS) is 1. The van der Waals surface area contributed by atoms with E-state index in [1.807, 2.05) is 31.2 Å². The van der Waals surface area contributed by atoms with Crippen LogP contribution in [0, 0.1) is 0 Å².